The Morgan fingerprint density at radius 2 is 1.92 bits per heavy atom. The molecule has 0 spiro atoms. The summed E-state index contributed by atoms with van der Waals surface area (Å²) in [7, 11) is 0. The molecule has 1 amide bonds. The Bertz CT molecular complexity index is 791. The van der Waals surface area contributed by atoms with E-state index in [2.05, 4.69) is 21.2 Å². The van der Waals surface area contributed by atoms with Crippen molar-refractivity contribution in [1.29, 1.82) is 0 Å². The zero-order valence-electron chi connectivity index (χ0n) is 13.5. The maximum Gasteiger partial charge on any atom is 0.344 e. The van der Waals surface area contributed by atoms with Gasteiger partial charge in [0.25, 0.3) is 5.91 Å². The molecule has 0 bridgehead atoms. The maximum absolute atomic E-state index is 11.8. The van der Waals surface area contributed by atoms with E-state index in [4.69, 9.17) is 9.47 Å². The molecule has 0 fully saturated rings. The van der Waals surface area contributed by atoms with Crippen molar-refractivity contribution in [3.63, 3.8) is 0 Å². The highest BCUT2D eigenvalue weighted by molar-refractivity contribution is 9.10. The van der Waals surface area contributed by atoms with Gasteiger partial charge in [0.05, 0.1) is 5.56 Å². The van der Waals surface area contributed by atoms with Crippen molar-refractivity contribution >= 4 is 39.8 Å². The summed E-state index contributed by atoms with van der Waals surface area (Å²) in [5.41, 5.74) is 1.85. The summed E-state index contributed by atoms with van der Waals surface area (Å²) >= 11 is 3.34. The van der Waals surface area contributed by atoms with Crippen LogP contribution in [0.4, 0.5) is 5.69 Å². The van der Waals surface area contributed by atoms with Crippen LogP contribution < -0.4 is 10.1 Å². The van der Waals surface area contributed by atoms with Gasteiger partial charge in [-0.2, -0.15) is 0 Å². The minimum atomic E-state index is -0.705. The van der Waals surface area contributed by atoms with E-state index in [1.807, 2.05) is 13.0 Å². The third-order valence-corrected chi connectivity index (χ3v) is 3.71. The van der Waals surface area contributed by atoms with E-state index in [1.54, 1.807) is 36.4 Å². The molecule has 0 unspecified atom stereocenters. The molecule has 2 aromatic carbocycles. The highest BCUT2D eigenvalue weighted by Gasteiger charge is 2.11. The summed E-state index contributed by atoms with van der Waals surface area (Å²) in [6.45, 7) is 1.03. The van der Waals surface area contributed by atoms with Crippen molar-refractivity contribution in [3.05, 3.63) is 58.1 Å². The number of amides is 1. The zero-order chi connectivity index (χ0) is 18.2. The SMILES string of the molecule is Cc1cc(Br)ccc1NC(=O)COC(=O)COc1ccccc1C=O. The zero-order valence-corrected chi connectivity index (χ0v) is 15.0. The van der Waals surface area contributed by atoms with Gasteiger partial charge in [-0.1, -0.05) is 28.1 Å². The predicted molar refractivity (Wildman–Crippen MR) is 95.8 cm³/mol. The lowest BCUT2D eigenvalue weighted by Gasteiger charge is -2.10. The monoisotopic (exact) mass is 405 g/mol. The fourth-order valence-corrected chi connectivity index (χ4v) is 2.46. The van der Waals surface area contributed by atoms with Gasteiger partial charge in [-0.3, -0.25) is 9.59 Å². The van der Waals surface area contributed by atoms with Gasteiger partial charge in [-0.05, 0) is 42.8 Å². The number of para-hydroxylation sites is 1. The number of ether oxygens (including phenoxy) is 2. The van der Waals surface area contributed by atoms with Crippen molar-refractivity contribution in [2.24, 2.45) is 0 Å². The van der Waals surface area contributed by atoms with Crippen LogP contribution in [0.15, 0.2) is 46.9 Å². The van der Waals surface area contributed by atoms with Crippen LogP contribution in [0, 0.1) is 6.92 Å². The molecule has 25 heavy (non-hydrogen) atoms. The number of benzene rings is 2. The molecule has 1 N–H and O–H groups in total. The average Bonchev–Trinajstić information content (AvgIpc) is 2.60. The van der Waals surface area contributed by atoms with E-state index in [-0.39, 0.29) is 5.75 Å². The third kappa shape index (κ3) is 5.72. The second-order valence-corrected chi connectivity index (χ2v) is 6.03. The standard InChI is InChI=1S/C18H16BrNO5/c1-12-8-14(19)6-7-15(12)20-17(22)10-25-18(23)11-24-16-5-3-2-4-13(16)9-21/h2-9H,10-11H2,1H3,(H,20,22). The van der Waals surface area contributed by atoms with Gasteiger partial charge in [0.15, 0.2) is 19.5 Å². The summed E-state index contributed by atoms with van der Waals surface area (Å²) in [4.78, 5) is 34.4. The Morgan fingerprint density at radius 3 is 2.64 bits per heavy atom. The number of hydrogen-bond donors (Lipinski definition) is 1. The Kier molecular flexibility index (Phi) is 6.71. The molecular weight excluding hydrogens is 390 g/mol. The van der Waals surface area contributed by atoms with Crippen LogP contribution in [0.3, 0.4) is 0 Å². The first-order chi connectivity index (χ1) is 12.0. The lowest BCUT2D eigenvalue weighted by Crippen LogP contribution is -2.24. The van der Waals surface area contributed by atoms with Crippen molar-refractivity contribution in [2.75, 3.05) is 18.5 Å². The molecule has 2 aromatic rings. The Hall–Kier alpha value is -2.67. The predicted octanol–water partition coefficient (Wildman–Crippen LogP) is 3.13. The van der Waals surface area contributed by atoms with E-state index >= 15 is 0 Å². The molecule has 130 valence electrons. The quantitative estimate of drug-likeness (QED) is 0.565. The molecule has 6 nitrogen and oxygen atoms in total. The second-order valence-electron chi connectivity index (χ2n) is 5.11. The first kappa shape index (κ1) is 18.7. The first-order valence-corrected chi connectivity index (χ1v) is 8.17. The Morgan fingerprint density at radius 1 is 1.16 bits per heavy atom. The highest BCUT2D eigenvalue weighted by atomic mass is 79.9. The third-order valence-electron chi connectivity index (χ3n) is 3.22. The van der Waals surface area contributed by atoms with Gasteiger partial charge >= 0.3 is 5.97 Å². The number of hydrogen-bond acceptors (Lipinski definition) is 5. The van der Waals surface area contributed by atoms with E-state index < -0.39 is 25.1 Å². The van der Waals surface area contributed by atoms with E-state index in [0.29, 0.717) is 17.5 Å². The van der Waals surface area contributed by atoms with E-state index in [9.17, 15) is 14.4 Å². The summed E-state index contributed by atoms with van der Waals surface area (Å²) in [5.74, 6) is -0.875. The highest BCUT2D eigenvalue weighted by Crippen LogP contribution is 2.20. The van der Waals surface area contributed by atoms with Gasteiger partial charge in [-0.25, -0.2) is 4.79 Å². The van der Waals surface area contributed by atoms with Crippen LogP contribution in [0.2, 0.25) is 0 Å². The van der Waals surface area contributed by atoms with Gasteiger partial charge in [0.1, 0.15) is 5.75 Å². The number of halogens is 1. The van der Waals surface area contributed by atoms with Crippen LogP contribution in [-0.2, 0) is 14.3 Å². The van der Waals surface area contributed by atoms with Crippen molar-refractivity contribution in [3.8, 4) is 5.75 Å². The normalized spacial score (nSPS) is 10.0. The van der Waals surface area contributed by atoms with Crippen LogP contribution in [0.25, 0.3) is 0 Å². The molecule has 0 saturated heterocycles. The first-order valence-electron chi connectivity index (χ1n) is 7.38. The Balaban J connectivity index is 1.79. The molecule has 0 radical (unpaired) electrons. The molecule has 0 aliphatic rings. The number of esters is 1. The number of rotatable bonds is 7. The minimum Gasteiger partial charge on any atom is -0.481 e. The molecule has 0 atom stereocenters. The van der Waals surface area contributed by atoms with Crippen LogP contribution in [0.1, 0.15) is 15.9 Å². The Labute approximate surface area is 153 Å². The van der Waals surface area contributed by atoms with Gasteiger partial charge in [-0.15, -0.1) is 0 Å². The van der Waals surface area contributed by atoms with Gasteiger partial charge < -0.3 is 14.8 Å². The molecule has 0 aromatic heterocycles. The molecule has 0 aliphatic carbocycles. The lowest BCUT2D eigenvalue weighted by molar-refractivity contribution is -0.149. The average molecular weight is 406 g/mol. The van der Waals surface area contributed by atoms with Gasteiger partial charge in [0.2, 0.25) is 0 Å². The molecule has 2 rings (SSSR count). The lowest BCUT2D eigenvalue weighted by atomic mass is 10.2. The van der Waals surface area contributed by atoms with Crippen LogP contribution >= 0.6 is 15.9 Å². The molecule has 0 saturated carbocycles. The minimum absolute atomic E-state index is 0.282. The smallest absolute Gasteiger partial charge is 0.344 e. The molecule has 0 heterocycles. The fourth-order valence-electron chi connectivity index (χ4n) is 1.99. The second kappa shape index (κ2) is 8.98. The number of nitrogens with one attached hydrogen (secondary N) is 1. The number of aryl methyl sites for hydroxylation is 1. The molecule has 0 aliphatic heterocycles. The number of aldehydes is 1. The van der Waals surface area contributed by atoms with Crippen LogP contribution in [0.5, 0.6) is 5.75 Å². The summed E-state index contributed by atoms with van der Waals surface area (Å²) in [6, 6.07) is 11.9. The van der Waals surface area contributed by atoms with Crippen LogP contribution in [-0.4, -0.2) is 31.4 Å². The number of carbonyl (C=O) groups excluding carboxylic acids is 3. The van der Waals surface area contributed by atoms with E-state index in [0.717, 1.165) is 10.0 Å². The number of carbonyl (C=O) groups is 3. The van der Waals surface area contributed by atoms with Crippen molar-refractivity contribution in [2.45, 2.75) is 6.92 Å². The largest absolute Gasteiger partial charge is 0.481 e. The van der Waals surface area contributed by atoms with Gasteiger partial charge in [0, 0.05) is 10.2 Å². The summed E-state index contributed by atoms with van der Waals surface area (Å²) < 4.78 is 11.0. The fraction of sp³-hybridized carbons (Fsp3) is 0.167. The van der Waals surface area contributed by atoms with Crippen molar-refractivity contribution in [1.82, 2.24) is 0 Å². The topological polar surface area (TPSA) is 81.7 Å². The molecular formula is C18H16BrNO5. The van der Waals surface area contributed by atoms with E-state index in [1.165, 1.54) is 0 Å². The number of anilines is 1. The molecule has 7 heteroatoms. The summed E-state index contributed by atoms with van der Waals surface area (Å²) in [5, 5.41) is 2.66. The maximum atomic E-state index is 11.8. The summed E-state index contributed by atoms with van der Waals surface area (Å²) in [6.07, 6.45) is 0.634. The van der Waals surface area contributed by atoms with Crippen molar-refractivity contribution < 1.29 is 23.9 Å².